The van der Waals surface area contributed by atoms with Gasteiger partial charge in [-0.3, -0.25) is 9.59 Å². The van der Waals surface area contributed by atoms with Crippen molar-refractivity contribution in [1.82, 2.24) is 0 Å². The number of hydrogen-bond donors (Lipinski definition) is 2. The first-order chi connectivity index (χ1) is 14.5. The van der Waals surface area contributed by atoms with E-state index in [0.717, 1.165) is 51.4 Å². The van der Waals surface area contributed by atoms with Crippen LogP contribution in [0.2, 0.25) is 0 Å². The molecule has 0 unspecified atom stereocenters. The molecule has 1 saturated carbocycles. The average Bonchev–Trinajstić information content (AvgIpc) is 2.72. The minimum absolute atomic E-state index is 0.296. The molecule has 1 aliphatic carbocycles. The fourth-order valence-corrected chi connectivity index (χ4v) is 5.73. The predicted molar refractivity (Wildman–Crippen MR) is 124 cm³/mol. The van der Waals surface area contributed by atoms with Gasteiger partial charge in [0.15, 0.2) is 5.41 Å². The van der Waals surface area contributed by atoms with Crippen LogP contribution in [0.1, 0.15) is 142 Å². The van der Waals surface area contributed by atoms with Crippen molar-refractivity contribution in [3.63, 3.8) is 0 Å². The highest BCUT2D eigenvalue weighted by Crippen LogP contribution is 2.57. The molecule has 0 aromatic rings. The van der Waals surface area contributed by atoms with Gasteiger partial charge < -0.3 is 10.2 Å². The Labute approximate surface area is 185 Å². The van der Waals surface area contributed by atoms with Crippen LogP contribution in [-0.2, 0) is 9.59 Å². The quantitative estimate of drug-likeness (QED) is 0.173. The zero-order valence-electron chi connectivity index (χ0n) is 19.9. The standard InChI is InChI=1S/C26H48O4/c1-3-5-7-9-11-13-15-19-25(20-16-14-12-10-8-6-4-2)21-17-18-22-26(25,23(27)28)24(29)30/h3-22H2,1-2H3,(H,27,28)(H,29,30). The predicted octanol–water partition coefficient (Wildman–Crippen LogP) is 7.98. The summed E-state index contributed by atoms with van der Waals surface area (Å²) in [6.07, 6.45) is 20.8. The maximum absolute atomic E-state index is 12.4. The lowest BCUT2D eigenvalue weighted by Crippen LogP contribution is -2.55. The van der Waals surface area contributed by atoms with E-state index in [-0.39, 0.29) is 0 Å². The van der Waals surface area contributed by atoms with Gasteiger partial charge in [-0.2, -0.15) is 0 Å². The van der Waals surface area contributed by atoms with Crippen LogP contribution < -0.4 is 0 Å². The molecular formula is C26H48O4. The molecular weight excluding hydrogens is 376 g/mol. The molecule has 0 radical (unpaired) electrons. The molecule has 1 aliphatic rings. The van der Waals surface area contributed by atoms with E-state index >= 15 is 0 Å². The van der Waals surface area contributed by atoms with Crippen LogP contribution in [0.3, 0.4) is 0 Å². The number of aliphatic carboxylic acids is 2. The number of unbranched alkanes of at least 4 members (excludes halogenated alkanes) is 12. The molecule has 2 N–H and O–H groups in total. The summed E-state index contributed by atoms with van der Waals surface area (Å²) in [7, 11) is 0. The zero-order valence-corrected chi connectivity index (χ0v) is 19.9. The van der Waals surface area contributed by atoms with Crippen molar-refractivity contribution in [2.75, 3.05) is 0 Å². The third-order valence-corrected chi connectivity index (χ3v) is 7.61. The molecule has 0 atom stereocenters. The highest BCUT2D eigenvalue weighted by Gasteiger charge is 2.62. The van der Waals surface area contributed by atoms with Crippen molar-refractivity contribution in [3.8, 4) is 0 Å². The molecule has 30 heavy (non-hydrogen) atoms. The second-order valence-corrected chi connectivity index (χ2v) is 9.75. The van der Waals surface area contributed by atoms with E-state index in [1.807, 2.05) is 0 Å². The third-order valence-electron chi connectivity index (χ3n) is 7.61. The molecule has 0 spiro atoms. The van der Waals surface area contributed by atoms with E-state index in [1.54, 1.807) is 0 Å². The van der Waals surface area contributed by atoms with Gasteiger partial charge in [0.2, 0.25) is 0 Å². The Hall–Kier alpha value is -1.06. The van der Waals surface area contributed by atoms with Gasteiger partial charge >= 0.3 is 11.9 Å². The van der Waals surface area contributed by atoms with E-state index in [4.69, 9.17) is 0 Å². The second-order valence-electron chi connectivity index (χ2n) is 9.75. The molecule has 0 amide bonds. The van der Waals surface area contributed by atoms with Crippen molar-refractivity contribution in [2.24, 2.45) is 10.8 Å². The Morgan fingerprint density at radius 3 is 1.37 bits per heavy atom. The highest BCUT2D eigenvalue weighted by molar-refractivity contribution is 5.99. The molecule has 4 nitrogen and oxygen atoms in total. The Morgan fingerprint density at radius 1 is 0.600 bits per heavy atom. The van der Waals surface area contributed by atoms with Crippen molar-refractivity contribution in [2.45, 2.75) is 142 Å². The van der Waals surface area contributed by atoms with Crippen LogP contribution in [0.4, 0.5) is 0 Å². The molecule has 1 fully saturated rings. The van der Waals surface area contributed by atoms with Crippen LogP contribution in [0.15, 0.2) is 0 Å². The molecule has 0 heterocycles. The highest BCUT2D eigenvalue weighted by atomic mass is 16.4. The first kappa shape index (κ1) is 27.0. The van der Waals surface area contributed by atoms with Crippen LogP contribution in [0.25, 0.3) is 0 Å². The van der Waals surface area contributed by atoms with E-state index in [2.05, 4.69) is 13.8 Å². The van der Waals surface area contributed by atoms with E-state index in [0.29, 0.717) is 12.8 Å². The molecule has 0 aliphatic heterocycles. The molecule has 0 saturated heterocycles. The smallest absolute Gasteiger partial charge is 0.321 e. The summed E-state index contributed by atoms with van der Waals surface area (Å²) >= 11 is 0. The van der Waals surface area contributed by atoms with Gasteiger partial charge in [0.1, 0.15) is 0 Å². The minimum atomic E-state index is -1.59. The van der Waals surface area contributed by atoms with Crippen LogP contribution in [0.5, 0.6) is 0 Å². The van der Waals surface area contributed by atoms with Gasteiger partial charge in [-0.25, -0.2) is 0 Å². The SMILES string of the molecule is CCCCCCCCCC1(CCCCCCCCC)CCCCC1(C(=O)O)C(=O)O. The van der Waals surface area contributed by atoms with Crippen molar-refractivity contribution in [3.05, 3.63) is 0 Å². The minimum Gasteiger partial charge on any atom is -0.480 e. The number of rotatable bonds is 18. The molecule has 0 aromatic heterocycles. The summed E-state index contributed by atoms with van der Waals surface area (Å²) in [5, 5.41) is 20.2. The van der Waals surface area contributed by atoms with Gasteiger partial charge in [-0.15, -0.1) is 0 Å². The lowest BCUT2D eigenvalue weighted by molar-refractivity contribution is -0.183. The van der Waals surface area contributed by atoms with Gasteiger partial charge in [-0.05, 0) is 31.1 Å². The molecule has 0 bridgehead atoms. The van der Waals surface area contributed by atoms with Gasteiger partial charge in [-0.1, -0.05) is 117 Å². The van der Waals surface area contributed by atoms with Crippen molar-refractivity contribution < 1.29 is 19.8 Å². The van der Waals surface area contributed by atoms with Gasteiger partial charge in [0, 0.05) is 0 Å². The van der Waals surface area contributed by atoms with E-state index < -0.39 is 22.8 Å². The fourth-order valence-electron chi connectivity index (χ4n) is 5.73. The first-order valence-electron chi connectivity index (χ1n) is 12.9. The summed E-state index contributed by atoms with van der Waals surface area (Å²) in [6, 6.07) is 0. The maximum atomic E-state index is 12.4. The lowest BCUT2D eigenvalue weighted by Gasteiger charge is -2.49. The average molecular weight is 425 g/mol. The van der Waals surface area contributed by atoms with E-state index in [1.165, 1.54) is 64.2 Å². The maximum Gasteiger partial charge on any atom is 0.321 e. The number of carboxylic acid groups (broad SMARTS) is 2. The summed E-state index contributed by atoms with van der Waals surface area (Å²) in [4.78, 5) is 24.7. The molecule has 0 aromatic carbocycles. The van der Waals surface area contributed by atoms with E-state index in [9.17, 15) is 19.8 Å². The summed E-state index contributed by atoms with van der Waals surface area (Å²) in [6.45, 7) is 4.43. The fraction of sp³-hybridized carbons (Fsp3) is 0.923. The molecule has 1 rings (SSSR count). The Balaban J connectivity index is 2.76. The Kier molecular flexibility index (Phi) is 13.4. The largest absolute Gasteiger partial charge is 0.480 e. The van der Waals surface area contributed by atoms with Crippen molar-refractivity contribution in [1.29, 1.82) is 0 Å². The normalized spacial score (nSPS) is 17.7. The second kappa shape index (κ2) is 14.9. The number of carbonyl (C=O) groups is 2. The molecule has 4 heteroatoms. The monoisotopic (exact) mass is 424 g/mol. The van der Waals surface area contributed by atoms with Gasteiger partial charge in [0.25, 0.3) is 0 Å². The lowest BCUT2D eigenvalue weighted by atomic mass is 9.52. The van der Waals surface area contributed by atoms with Gasteiger partial charge in [0.05, 0.1) is 0 Å². The molecule has 176 valence electrons. The topological polar surface area (TPSA) is 74.6 Å². The third kappa shape index (κ3) is 7.57. The zero-order chi connectivity index (χ0) is 22.3. The van der Waals surface area contributed by atoms with Crippen LogP contribution in [0, 0.1) is 10.8 Å². The Morgan fingerprint density at radius 2 is 0.967 bits per heavy atom. The summed E-state index contributed by atoms with van der Waals surface area (Å²) < 4.78 is 0. The van der Waals surface area contributed by atoms with Crippen LogP contribution in [-0.4, -0.2) is 22.2 Å². The first-order valence-corrected chi connectivity index (χ1v) is 12.9. The van der Waals surface area contributed by atoms with Crippen molar-refractivity contribution >= 4 is 11.9 Å². The summed E-state index contributed by atoms with van der Waals surface area (Å²) in [5.74, 6) is -2.19. The number of hydrogen-bond acceptors (Lipinski definition) is 2. The van der Waals surface area contributed by atoms with Crippen LogP contribution >= 0.6 is 0 Å². The Bertz CT molecular complexity index is 453. The number of carboxylic acids is 2. The summed E-state index contributed by atoms with van der Waals surface area (Å²) in [5.41, 5.74) is -2.16.